The van der Waals surface area contributed by atoms with Gasteiger partial charge in [-0.15, -0.1) is 0 Å². The van der Waals surface area contributed by atoms with Crippen LogP contribution in [-0.4, -0.2) is 46.3 Å². The smallest absolute Gasteiger partial charge is 0.243 e. The lowest BCUT2D eigenvalue weighted by Crippen LogP contribution is -2.46. The van der Waals surface area contributed by atoms with Gasteiger partial charge in [0.15, 0.2) is 11.5 Å². The number of fused-ring (bicyclic) bond motifs is 3. The van der Waals surface area contributed by atoms with Gasteiger partial charge < -0.3 is 34.9 Å². The first-order chi connectivity index (χ1) is 23.0. The van der Waals surface area contributed by atoms with Crippen LogP contribution in [-0.2, 0) is 16.0 Å². The third-order valence-corrected chi connectivity index (χ3v) is 9.16. The molecule has 258 valence electrons. The number of carbonyl (C=O) groups excluding carboxylic acids is 2. The number of methoxy groups -OCH3 is 4. The van der Waals surface area contributed by atoms with E-state index in [0.717, 1.165) is 22.4 Å². The van der Waals surface area contributed by atoms with Gasteiger partial charge in [-0.05, 0) is 77.3 Å². The summed E-state index contributed by atoms with van der Waals surface area (Å²) < 4.78 is 22.5. The molecule has 0 fully saturated rings. The summed E-state index contributed by atoms with van der Waals surface area (Å²) in [4.78, 5) is 40.4. The van der Waals surface area contributed by atoms with E-state index in [4.69, 9.17) is 18.9 Å². The number of amides is 2. The van der Waals surface area contributed by atoms with Crippen LogP contribution in [0.3, 0.4) is 0 Å². The van der Waals surface area contributed by atoms with E-state index >= 15 is 0 Å². The molecule has 4 atom stereocenters. The molecule has 0 radical (unpaired) electrons. The third kappa shape index (κ3) is 7.69. The standard InChI is InChI=1S/C38H49N3O7/c1-10-22(4)35(38(44)41-34(21(2)3)24-11-14-26(45-6)15-12-24)40-30-18-16-27-28(20-31(30)43)29(39-23(5)42)17-13-25-19-32(46-7)36(47-8)37(48-9)33(25)27/h11-12,14-16,18-22,29,34-35H,10,13,17H2,1-9H3,(H,39,42)(H,40,43)(H,41,44)/t22-,29+,34?,35+/m1/s1. The number of benzene rings is 2. The van der Waals surface area contributed by atoms with Crippen LogP contribution < -0.4 is 40.3 Å². The second kappa shape index (κ2) is 15.9. The van der Waals surface area contributed by atoms with Gasteiger partial charge in [-0.3, -0.25) is 14.4 Å². The lowest BCUT2D eigenvalue weighted by molar-refractivity contribution is -0.124. The average molecular weight is 660 g/mol. The minimum absolute atomic E-state index is 0.0962. The van der Waals surface area contributed by atoms with Crippen LogP contribution in [0.25, 0.3) is 11.1 Å². The van der Waals surface area contributed by atoms with Gasteiger partial charge in [0.05, 0.1) is 46.2 Å². The second-order valence-corrected chi connectivity index (χ2v) is 12.6. The molecule has 0 aliphatic heterocycles. The highest BCUT2D eigenvalue weighted by atomic mass is 16.5. The molecule has 0 spiro atoms. The van der Waals surface area contributed by atoms with Crippen LogP contribution in [0, 0.1) is 11.8 Å². The Morgan fingerprint density at radius 2 is 1.58 bits per heavy atom. The number of hydrogen-bond donors (Lipinski definition) is 3. The molecule has 0 aromatic heterocycles. The molecule has 1 unspecified atom stereocenters. The van der Waals surface area contributed by atoms with Gasteiger partial charge >= 0.3 is 0 Å². The van der Waals surface area contributed by atoms with Crippen molar-refractivity contribution in [2.24, 2.45) is 11.8 Å². The monoisotopic (exact) mass is 659 g/mol. The van der Waals surface area contributed by atoms with E-state index in [1.807, 2.05) is 50.2 Å². The molecular weight excluding hydrogens is 610 g/mol. The van der Waals surface area contributed by atoms with Gasteiger partial charge in [-0.2, -0.15) is 0 Å². The summed E-state index contributed by atoms with van der Waals surface area (Å²) in [6.45, 7) is 9.59. The number of aryl methyl sites for hydroxylation is 1. The molecule has 2 amide bonds. The number of nitrogens with one attached hydrogen (secondary N) is 3. The van der Waals surface area contributed by atoms with Gasteiger partial charge in [0, 0.05) is 12.5 Å². The van der Waals surface area contributed by atoms with Gasteiger partial charge in [0.2, 0.25) is 23.0 Å². The first-order valence-corrected chi connectivity index (χ1v) is 16.5. The zero-order chi connectivity index (χ0) is 35.1. The van der Waals surface area contributed by atoms with Gasteiger partial charge in [-0.1, -0.05) is 52.3 Å². The summed E-state index contributed by atoms with van der Waals surface area (Å²) in [5, 5.41) is 9.59. The fourth-order valence-corrected chi connectivity index (χ4v) is 6.39. The average Bonchev–Trinajstić information content (AvgIpc) is 3.32. The number of anilines is 1. The van der Waals surface area contributed by atoms with Crippen molar-refractivity contribution in [3.63, 3.8) is 0 Å². The molecular formula is C38H49N3O7. The van der Waals surface area contributed by atoms with Crippen molar-refractivity contribution < 1.29 is 28.5 Å². The van der Waals surface area contributed by atoms with Crippen LogP contribution in [0.1, 0.15) is 76.2 Å². The minimum Gasteiger partial charge on any atom is -0.497 e. The summed E-state index contributed by atoms with van der Waals surface area (Å²) >= 11 is 0. The molecule has 10 heteroatoms. The maximum atomic E-state index is 14.0. The molecule has 3 aromatic rings. The largest absolute Gasteiger partial charge is 0.497 e. The van der Waals surface area contributed by atoms with Gasteiger partial charge in [-0.25, -0.2) is 0 Å². The highest BCUT2D eigenvalue weighted by Gasteiger charge is 2.31. The predicted molar refractivity (Wildman–Crippen MR) is 188 cm³/mol. The summed E-state index contributed by atoms with van der Waals surface area (Å²) in [6, 6.07) is 13.3. The van der Waals surface area contributed by atoms with Gasteiger partial charge in [0.25, 0.3) is 0 Å². The maximum Gasteiger partial charge on any atom is 0.243 e. The SMILES string of the molecule is CC[C@@H](C)[C@H](Nc1ccc2c(cc1=O)[C@@H](NC(C)=O)CCc1cc(OC)c(OC)c(OC)c1-2)C(=O)NC(c1ccc(OC)cc1)C(C)C. The predicted octanol–water partition coefficient (Wildman–Crippen LogP) is 6.21. The molecule has 0 saturated carbocycles. The van der Waals surface area contributed by atoms with E-state index in [1.165, 1.54) is 6.92 Å². The third-order valence-electron chi connectivity index (χ3n) is 9.16. The Morgan fingerprint density at radius 3 is 2.15 bits per heavy atom. The Labute approximate surface area is 283 Å². The molecule has 10 nitrogen and oxygen atoms in total. The molecule has 3 aromatic carbocycles. The lowest BCUT2D eigenvalue weighted by Gasteiger charge is -2.29. The fourth-order valence-electron chi connectivity index (χ4n) is 6.39. The highest BCUT2D eigenvalue weighted by Crippen LogP contribution is 2.50. The van der Waals surface area contributed by atoms with Crippen molar-refractivity contribution in [2.75, 3.05) is 33.8 Å². The van der Waals surface area contributed by atoms with Crippen molar-refractivity contribution in [3.8, 4) is 34.1 Å². The summed E-state index contributed by atoms with van der Waals surface area (Å²) in [7, 11) is 6.30. The van der Waals surface area contributed by atoms with Crippen LogP contribution in [0.4, 0.5) is 5.69 Å². The molecule has 0 heterocycles. The van der Waals surface area contributed by atoms with Crippen LogP contribution in [0.5, 0.6) is 23.0 Å². The Kier molecular flexibility index (Phi) is 12.0. The van der Waals surface area contributed by atoms with Crippen LogP contribution in [0.2, 0.25) is 0 Å². The number of rotatable bonds is 13. The highest BCUT2D eigenvalue weighted by molar-refractivity contribution is 5.86. The van der Waals surface area contributed by atoms with Crippen LogP contribution in [0.15, 0.2) is 53.3 Å². The first-order valence-electron chi connectivity index (χ1n) is 16.5. The van der Waals surface area contributed by atoms with Crippen molar-refractivity contribution in [3.05, 3.63) is 75.4 Å². The molecule has 1 aliphatic rings. The second-order valence-electron chi connectivity index (χ2n) is 12.6. The van der Waals surface area contributed by atoms with E-state index in [-0.39, 0.29) is 40.8 Å². The quantitative estimate of drug-likeness (QED) is 0.198. The minimum atomic E-state index is -0.693. The Bertz CT molecular complexity index is 1670. The number of hydrogen-bond acceptors (Lipinski definition) is 8. The van der Waals surface area contributed by atoms with E-state index in [9.17, 15) is 14.4 Å². The van der Waals surface area contributed by atoms with E-state index in [0.29, 0.717) is 47.6 Å². The Balaban J connectivity index is 1.81. The number of ether oxygens (including phenoxy) is 4. The molecule has 48 heavy (non-hydrogen) atoms. The van der Waals surface area contributed by atoms with Gasteiger partial charge in [0.1, 0.15) is 11.8 Å². The summed E-state index contributed by atoms with van der Waals surface area (Å²) in [5.74, 6) is 1.77. The molecule has 1 aliphatic carbocycles. The fraction of sp³-hybridized carbons (Fsp3) is 0.447. The zero-order valence-electron chi connectivity index (χ0n) is 29.5. The summed E-state index contributed by atoms with van der Waals surface area (Å²) in [5.41, 5.74) is 3.99. The summed E-state index contributed by atoms with van der Waals surface area (Å²) in [6.07, 6.45) is 1.85. The normalized spacial score (nSPS) is 15.5. The topological polar surface area (TPSA) is 124 Å². The van der Waals surface area contributed by atoms with E-state index in [2.05, 4.69) is 29.8 Å². The molecule has 3 N–H and O–H groups in total. The Hall–Kier alpha value is -4.73. The maximum absolute atomic E-state index is 14.0. The lowest BCUT2D eigenvalue weighted by atomic mass is 9.93. The first kappa shape index (κ1) is 36.1. The number of carbonyl (C=O) groups is 2. The van der Waals surface area contributed by atoms with E-state index < -0.39 is 12.1 Å². The zero-order valence-corrected chi connectivity index (χ0v) is 29.5. The van der Waals surface area contributed by atoms with Crippen molar-refractivity contribution in [1.29, 1.82) is 0 Å². The van der Waals surface area contributed by atoms with E-state index in [1.54, 1.807) is 40.6 Å². The van der Waals surface area contributed by atoms with Crippen molar-refractivity contribution in [2.45, 2.75) is 72.0 Å². The van der Waals surface area contributed by atoms with Crippen LogP contribution >= 0.6 is 0 Å². The van der Waals surface area contributed by atoms with Crippen molar-refractivity contribution >= 4 is 17.5 Å². The molecule has 4 rings (SSSR count). The molecule has 0 bridgehead atoms. The Morgan fingerprint density at radius 1 is 0.896 bits per heavy atom. The molecule has 0 saturated heterocycles. The van der Waals surface area contributed by atoms with Crippen molar-refractivity contribution in [1.82, 2.24) is 10.6 Å².